The highest BCUT2D eigenvalue weighted by Crippen LogP contribution is 2.60. The van der Waals surface area contributed by atoms with Crippen LogP contribution in [0.15, 0.2) is 0 Å². The lowest BCUT2D eigenvalue weighted by Crippen LogP contribution is -2.71. The molecule has 5 rings (SSSR count). The molecule has 0 aromatic heterocycles. The fourth-order valence-electron chi connectivity index (χ4n) is 6.73. The molecule has 1 aliphatic heterocycles. The lowest BCUT2D eigenvalue weighted by Gasteiger charge is -2.65. The molecule has 1 heterocycles. The Hall–Kier alpha value is -0.120. The lowest BCUT2D eigenvalue weighted by molar-refractivity contribution is -0.141. The second kappa shape index (κ2) is 5.21. The third-order valence-corrected chi connectivity index (χ3v) is 7.59. The van der Waals surface area contributed by atoms with E-state index in [1.165, 1.54) is 58.0 Å². The Kier molecular flexibility index (Phi) is 3.59. The summed E-state index contributed by atoms with van der Waals surface area (Å²) in [6.45, 7) is 3.46. The van der Waals surface area contributed by atoms with E-state index in [9.17, 15) is 0 Å². The summed E-state index contributed by atoms with van der Waals surface area (Å²) in [5, 5.41) is 0. The molecule has 1 unspecified atom stereocenters. The van der Waals surface area contributed by atoms with Crippen LogP contribution in [0.4, 0.5) is 0 Å². The summed E-state index contributed by atoms with van der Waals surface area (Å²) in [6.07, 6.45) is 10.2. The molecule has 0 amide bonds. The highest BCUT2D eigenvalue weighted by atomic mass is 15.3. The summed E-state index contributed by atoms with van der Waals surface area (Å²) in [5.41, 5.74) is 6.85. The molecule has 1 saturated heterocycles. The van der Waals surface area contributed by atoms with Crippen LogP contribution in [-0.4, -0.2) is 55.1 Å². The number of likely N-dealkylation sites (N-methyl/N-ethyl adjacent to an activating group) is 1. The van der Waals surface area contributed by atoms with Crippen molar-refractivity contribution in [1.82, 2.24) is 9.80 Å². The number of likely N-dealkylation sites (tertiary alicyclic amines) is 1. The third-order valence-electron chi connectivity index (χ3n) is 7.59. The Labute approximate surface area is 130 Å². The summed E-state index contributed by atoms with van der Waals surface area (Å²) in [7, 11) is 4.50. The first kappa shape index (κ1) is 14.5. The molecule has 21 heavy (non-hydrogen) atoms. The minimum atomic E-state index is 0.363. The molecule has 0 aromatic rings. The maximum Gasteiger partial charge on any atom is 0.0388 e. The first-order valence-electron chi connectivity index (χ1n) is 9.25. The minimum absolute atomic E-state index is 0.363. The van der Waals surface area contributed by atoms with Gasteiger partial charge < -0.3 is 10.6 Å². The maximum absolute atomic E-state index is 6.49. The Balaban J connectivity index is 1.61. The molecule has 0 aromatic carbocycles. The summed E-state index contributed by atoms with van der Waals surface area (Å²) < 4.78 is 0. The normalized spacial score (nSPS) is 50.0. The number of rotatable bonds is 3. The van der Waals surface area contributed by atoms with Gasteiger partial charge in [-0.05, 0) is 89.3 Å². The molecule has 120 valence electrons. The summed E-state index contributed by atoms with van der Waals surface area (Å²) >= 11 is 0. The van der Waals surface area contributed by atoms with Crippen molar-refractivity contribution in [3.8, 4) is 0 Å². The Morgan fingerprint density at radius 2 is 1.67 bits per heavy atom. The highest BCUT2D eigenvalue weighted by molar-refractivity contribution is 5.13. The number of hydrogen-bond acceptors (Lipinski definition) is 3. The Morgan fingerprint density at radius 1 is 1.05 bits per heavy atom. The third kappa shape index (κ3) is 2.11. The molecule has 0 radical (unpaired) electrons. The molecule has 3 heteroatoms. The van der Waals surface area contributed by atoms with Gasteiger partial charge >= 0.3 is 0 Å². The molecular weight excluding hydrogens is 258 g/mol. The molecule has 1 atom stereocenters. The van der Waals surface area contributed by atoms with E-state index in [2.05, 4.69) is 23.9 Å². The van der Waals surface area contributed by atoms with E-state index >= 15 is 0 Å². The monoisotopic (exact) mass is 291 g/mol. The molecule has 0 spiro atoms. The van der Waals surface area contributed by atoms with Crippen LogP contribution in [0, 0.1) is 23.7 Å². The van der Waals surface area contributed by atoms with Gasteiger partial charge in [-0.2, -0.15) is 0 Å². The van der Waals surface area contributed by atoms with Crippen LogP contribution in [0.25, 0.3) is 0 Å². The van der Waals surface area contributed by atoms with Gasteiger partial charge in [0.1, 0.15) is 0 Å². The largest absolute Gasteiger partial charge is 0.329 e. The SMILES string of the molecule is CN(C)C1CCCN(C2(CN)C3CC4CC(C3)CC2C4)C1. The van der Waals surface area contributed by atoms with Crippen molar-refractivity contribution >= 4 is 0 Å². The topological polar surface area (TPSA) is 32.5 Å². The van der Waals surface area contributed by atoms with Crippen LogP contribution in [0.5, 0.6) is 0 Å². The zero-order valence-electron chi connectivity index (χ0n) is 13.9. The zero-order chi connectivity index (χ0) is 14.6. The van der Waals surface area contributed by atoms with E-state index in [-0.39, 0.29) is 0 Å². The predicted octanol–water partition coefficient (Wildman–Crippen LogP) is 2.17. The lowest BCUT2D eigenvalue weighted by atomic mass is 9.48. The van der Waals surface area contributed by atoms with Crippen LogP contribution < -0.4 is 5.73 Å². The van der Waals surface area contributed by atoms with E-state index in [1.54, 1.807) is 0 Å². The smallest absolute Gasteiger partial charge is 0.0388 e. The molecule has 2 N–H and O–H groups in total. The van der Waals surface area contributed by atoms with Crippen LogP contribution in [0.1, 0.15) is 44.9 Å². The van der Waals surface area contributed by atoms with Gasteiger partial charge in [0.15, 0.2) is 0 Å². The van der Waals surface area contributed by atoms with Crippen molar-refractivity contribution in [2.45, 2.75) is 56.5 Å². The average molecular weight is 291 g/mol. The van der Waals surface area contributed by atoms with E-state index in [0.29, 0.717) is 5.54 Å². The number of nitrogens with zero attached hydrogens (tertiary/aromatic N) is 2. The molecule has 5 fully saturated rings. The van der Waals surface area contributed by atoms with Gasteiger partial charge in [0.2, 0.25) is 0 Å². The second-order valence-corrected chi connectivity index (χ2v) is 8.71. The molecular formula is C18H33N3. The molecule has 4 aliphatic carbocycles. The van der Waals surface area contributed by atoms with Crippen LogP contribution in [0.3, 0.4) is 0 Å². The van der Waals surface area contributed by atoms with E-state index in [1.807, 2.05) is 0 Å². The number of hydrogen-bond donors (Lipinski definition) is 1. The zero-order valence-corrected chi connectivity index (χ0v) is 13.9. The Morgan fingerprint density at radius 3 is 2.19 bits per heavy atom. The van der Waals surface area contributed by atoms with Crippen LogP contribution in [-0.2, 0) is 0 Å². The standard InChI is InChI=1S/C18H33N3/c1-20(2)17-4-3-5-21(11-17)18(12-19)15-7-13-6-14(9-15)10-16(18)8-13/h13-17H,3-12,19H2,1-2H3. The molecule has 5 aliphatic rings. The van der Waals surface area contributed by atoms with Gasteiger partial charge in [0.25, 0.3) is 0 Å². The van der Waals surface area contributed by atoms with Crippen molar-refractivity contribution in [2.24, 2.45) is 29.4 Å². The first-order chi connectivity index (χ1) is 10.1. The quantitative estimate of drug-likeness (QED) is 0.865. The van der Waals surface area contributed by atoms with Crippen molar-refractivity contribution in [1.29, 1.82) is 0 Å². The van der Waals surface area contributed by atoms with Gasteiger partial charge in [0, 0.05) is 24.7 Å². The average Bonchev–Trinajstić information content (AvgIpc) is 2.47. The van der Waals surface area contributed by atoms with Crippen molar-refractivity contribution in [3.63, 3.8) is 0 Å². The van der Waals surface area contributed by atoms with Gasteiger partial charge in [-0.25, -0.2) is 0 Å². The van der Waals surface area contributed by atoms with E-state index in [4.69, 9.17) is 5.73 Å². The van der Waals surface area contributed by atoms with Crippen molar-refractivity contribution < 1.29 is 0 Å². The van der Waals surface area contributed by atoms with Gasteiger partial charge in [-0.15, -0.1) is 0 Å². The molecule has 4 saturated carbocycles. The summed E-state index contributed by atoms with van der Waals surface area (Å²) in [5.74, 6) is 3.89. The van der Waals surface area contributed by atoms with Gasteiger partial charge in [0.05, 0.1) is 0 Å². The molecule has 3 nitrogen and oxygen atoms in total. The van der Waals surface area contributed by atoms with Crippen molar-refractivity contribution in [3.05, 3.63) is 0 Å². The predicted molar refractivity (Wildman–Crippen MR) is 87.1 cm³/mol. The summed E-state index contributed by atoms with van der Waals surface area (Å²) in [4.78, 5) is 5.31. The van der Waals surface area contributed by atoms with Gasteiger partial charge in [-0.1, -0.05) is 0 Å². The van der Waals surface area contributed by atoms with Crippen molar-refractivity contribution in [2.75, 3.05) is 33.7 Å². The fraction of sp³-hybridized carbons (Fsp3) is 1.00. The maximum atomic E-state index is 6.49. The molecule has 4 bridgehead atoms. The fourth-order valence-corrected chi connectivity index (χ4v) is 6.73. The summed E-state index contributed by atoms with van der Waals surface area (Å²) in [6, 6.07) is 0.736. The minimum Gasteiger partial charge on any atom is -0.329 e. The number of piperidine rings is 1. The van der Waals surface area contributed by atoms with Gasteiger partial charge in [-0.3, -0.25) is 4.90 Å². The van der Waals surface area contributed by atoms with E-state index in [0.717, 1.165) is 36.3 Å². The second-order valence-electron chi connectivity index (χ2n) is 8.71. The van der Waals surface area contributed by atoms with Crippen LogP contribution >= 0.6 is 0 Å². The first-order valence-corrected chi connectivity index (χ1v) is 9.25. The van der Waals surface area contributed by atoms with Crippen LogP contribution in [0.2, 0.25) is 0 Å². The van der Waals surface area contributed by atoms with E-state index < -0.39 is 0 Å². The number of nitrogens with two attached hydrogens (primary N) is 1. The Bertz CT molecular complexity index is 364. The highest BCUT2D eigenvalue weighted by Gasteiger charge is 2.59.